The molecule has 1 aromatic rings. The Morgan fingerprint density at radius 1 is 1.19 bits per heavy atom. The number of carbonyl (C=O) groups excluding carboxylic acids is 2. The molecule has 5 nitrogen and oxygen atoms in total. The second-order valence-corrected chi connectivity index (χ2v) is 10.1. The summed E-state index contributed by atoms with van der Waals surface area (Å²) < 4.78 is 11.8. The van der Waals surface area contributed by atoms with Crippen LogP contribution < -0.4 is 0 Å². The van der Waals surface area contributed by atoms with E-state index in [0.717, 1.165) is 12.0 Å². The number of amides is 1. The zero-order chi connectivity index (χ0) is 22.3. The summed E-state index contributed by atoms with van der Waals surface area (Å²) in [4.78, 5) is 28.6. The SMILES string of the molecule is CC(C)OCCCN1C(=O)C2=C(C(=O)C3CC(Cl)CCC3O2)C1c1ccc(Cl)c(Cl)c1. The first-order valence-corrected chi connectivity index (χ1v) is 11.9. The summed E-state index contributed by atoms with van der Waals surface area (Å²) in [5, 5.41) is 0.745. The Kier molecular flexibility index (Phi) is 6.87. The monoisotopic (exact) mass is 485 g/mol. The highest BCUT2D eigenvalue weighted by Crippen LogP contribution is 2.47. The second-order valence-electron chi connectivity index (χ2n) is 8.63. The molecule has 0 bridgehead atoms. The Hall–Kier alpha value is -1.27. The molecule has 1 amide bonds. The highest BCUT2D eigenvalue weighted by Gasteiger charge is 2.52. The van der Waals surface area contributed by atoms with E-state index in [1.807, 2.05) is 19.9 Å². The predicted octanol–water partition coefficient (Wildman–Crippen LogP) is 5.32. The van der Waals surface area contributed by atoms with Gasteiger partial charge in [-0.15, -0.1) is 11.6 Å². The average molecular weight is 487 g/mol. The van der Waals surface area contributed by atoms with Crippen molar-refractivity contribution in [3.63, 3.8) is 0 Å². The molecule has 2 aliphatic heterocycles. The third-order valence-corrected chi connectivity index (χ3v) is 7.27. The van der Waals surface area contributed by atoms with E-state index in [2.05, 4.69) is 0 Å². The molecular formula is C23H26Cl3NO4. The molecule has 4 atom stereocenters. The van der Waals surface area contributed by atoms with Gasteiger partial charge in [-0.05, 0) is 57.2 Å². The van der Waals surface area contributed by atoms with Crippen LogP contribution in [0.5, 0.6) is 0 Å². The third-order valence-electron chi connectivity index (χ3n) is 6.13. The minimum atomic E-state index is -0.555. The van der Waals surface area contributed by atoms with E-state index < -0.39 is 6.04 Å². The fraction of sp³-hybridized carbons (Fsp3) is 0.565. The maximum absolute atomic E-state index is 13.6. The fourth-order valence-electron chi connectivity index (χ4n) is 4.68. The van der Waals surface area contributed by atoms with Gasteiger partial charge in [0.2, 0.25) is 0 Å². The Morgan fingerprint density at radius 2 is 1.97 bits per heavy atom. The lowest BCUT2D eigenvalue weighted by Gasteiger charge is -2.37. The minimum absolute atomic E-state index is 0.0399. The van der Waals surface area contributed by atoms with Crippen LogP contribution in [0.1, 0.15) is 51.1 Å². The van der Waals surface area contributed by atoms with Gasteiger partial charge in [-0.3, -0.25) is 9.59 Å². The Morgan fingerprint density at radius 3 is 2.68 bits per heavy atom. The van der Waals surface area contributed by atoms with Crippen LogP contribution in [0.3, 0.4) is 0 Å². The normalized spacial score (nSPS) is 28.1. The quantitative estimate of drug-likeness (QED) is 0.403. The first kappa shape index (κ1) is 22.9. The Balaban J connectivity index is 1.68. The van der Waals surface area contributed by atoms with Crippen LogP contribution in [-0.4, -0.2) is 47.3 Å². The summed E-state index contributed by atoms with van der Waals surface area (Å²) >= 11 is 18.7. The molecule has 0 aromatic heterocycles. The molecule has 168 valence electrons. The summed E-state index contributed by atoms with van der Waals surface area (Å²) in [6.07, 6.45) is 2.49. The van der Waals surface area contributed by atoms with Gasteiger partial charge in [-0.1, -0.05) is 29.3 Å². The molecule has 1 fully saturated rings. The van der Waals surface area contributed by atoms with E-state index >= 15 is 0 Å². The molecule has 1 aliphatic carbocycles. The number of rotatable bonds is 6. The molecule has 4 rings (SSSR count). The summed E-state index contributed by atoms with van der Waals surface area (Å²) in [6, 6.07) is 4.67. The highest BCUT2D eigenvalue weighted by molar-refractivity contribution is 6.42. The molecule has 3 aliphatic rings. The van der Waals surface area contributed by atoms with Crippen LogP contribution >= 0.6 is 34.8 Å². The van der Waals surface area contributed by atoms with Crippen LogP contribution in [0, 0.1) is 5.92 Å². The number of fused-ring (bicyclic) bond motifs is 1. The maximum Gasteiger partial charge on any atom is 0.290 e. The van der Waals surface area contributed by atoms with Crippen LogP contribution in [0.25, 0.3) is 0 Å². The molecule has 1 saturated carbocycles. The predicted molar refractivity (Wildman–Crippen MR) is 121 cm³/mol. The van der Waals surface area contributed by atoms with Gasteiger partial charge in [0.25, 0.3) is 5.91 Å². The van der Waals surface area contributed by atoms with Gasteiger partial charge in [0.05, 0.1) is 33.7 Å². The van der Waals surface area contributed by atoms with E-state index in [-0.39, 0.29) is 41.0 Å². The number of halogens is 3. The van der Waals surface area contributed by atoms with E-state index in [1.165, 1.54) is 0 Å². The maximum atomic E-state index is 13.6. The van der Waals surface area contributed by atoms with E-state index in [0.29, 0.717) is 48.0 Å². The number of alkyl halides is 1. The standard InChI is InChI=1S/C23H26Cl3NO4/c1-12(2)30-9-3-8-27-20(13-4-6-16(25)17(26)10-13)19-21(28)15-11-14(24)5-7-18(15)31-22(19)23(27)29/h4,6,10,12,14-15,18,20H,3,5,7-9,11H2,1-2H3. The number of benzene rings is 1. The second kappa shape index (κ2) is 9.30. The Bertz CT molecular complexity index is 916. The summed E-state index contributed by atoms with van der Waals surface area (Å²) in [7, 11) is 0. The number of hydrogen-bond donors (Lipinski definition) is 0. The molecule has 2 heterocycles. The van der Waals surface area contributed by atoms with Crippen LogP contribution in [0.2, 0.25) is 10.0 Å². The van der Waals surface area contributed by atoms with Crippen LogP contribution in [0.4, 0.5) is 0 Å². The van der Waals surface area contributed by atoms with Gasteiger partial charge in [-0.25, -0.2) is 0 Å². The molecule has 8 heteroatoms. The van der Waals surface area contributed by atoms with Crippen molar-refractivity contribution in [2.75, 3.05) is 13.2 Å². The minimum Gasteiger partial charge on any atom is -0.483 e. The number of hydrogen-bond acceptors (Lipinski definition) is 4. The lowest BCUT2D eigenvalue weighted by molar-refractivity contribution is -0.135. The number of carbonyl (C=O) groups is 2. The van der Waals surface area contributed by atoms with Gasteiger partial charge in [0, 0.05) is 18.5 Å². The number of ether oxygens (including phenoxy) is 2. The van der Waals surface area contributed by atoms with Crippen molar-refractivity contribution in [2.24, 2.45) is 5.92 Å². The van der Waals surface area contributed by atoms with E-state index in [1.54, 1.807) is 17.0 Å². The van der Waals surface area contributed by atoms with Gasteiger partial charge in [0.15, 0.2) is 11.5 Å². The van der Waals surface area contributed by atoms with E-state index in [4.69, 9.17) is 44.3 Å². The number of ketones is 1. The zero-order valence-electron chi connectivity index (χ0n) is 17.6. The first-order chi connectivity index (χ1) is 14.8. The summed E-state index contributed by atoms with van der Waals surface area (Å²) in [5.74, 6) is -0.435. The van der Waals surface area contributed by atoms with Crippen molar-refractivity contribution in [1.29, 1.82) is 0 Å². The molecule has 0 N–H and O–H groups in total. The largest absolute Gasteiger partial charge is 0.483 e. The molecule has 0 radical (unpaired) electrons. The highest BCUT2D eigenvalue weighted by atomic mass is 35.5. The lowest BCUT2D eigenvalue weighted by atomic mass is 9.77. The lowest BCUT2D eigenvalue weighted by Crippen LogP contribution is -2.41. The number of Topliss-reactive ketones (excluding diaryl/α,β-unsaturated/α-hetero) is 1. The molecule has 4 unspecified atom stereocenters. The molecule has 0 spiro atoms. The van der Waals surface area contributed by atoms with Gasteiger partial charge in [-0.2, -0.15) is 0 Å². The van der Waals surface area contributed by atoms with E-state index in [9.17, 15) is 9.59 Å². The van der Waals surface area contributed by atoms with Crippen molar-refractivity contribution >= 4 is 46.5 Å². The zero-order valence-corrected chi connectivity index (χ0v) is 19.8. The molecule has 31 heavy (non-hydrogen) atoms. The van der Waals surface area contributed by atoms with Crippen LogP contribution in [-0.2, 0) is 19.1 Å². The van der Waals surface area contributed by atoms with Crippen molar-refractivity contribution in [1.82, 2.24) is 4.90 Å². The van der Waals surface area contributed by atoms with Crippen molar-refractivity contribution in [3.8, 4) is 0 Å². The van der Waals surface area contributed by atoms with Gasteiger partial charge in [0.1, 0.15) is 6.10 Å². The number of nitrogens with zero attached hydrogens (tertiary/aromatic N) is 1. The fourth-order valence-corrected chi connectivity index (χ4v) is 5.30. The molecule has 1 aromatic carbocycles. The summed E-state index contributed by atoms with van der Waals surface area (Å²) in [5.41, 5.74) is 1.16. The van der Waals surface area contributed by atoms with Crippen LogP contribution in [0.15, 0.2) is 29.5 Å². The third kappa shape index (κ3) is 4.47. The smallest absolute Gasteiger partial charge is 0.290 e. The van der Waals surface area contributed by atoms with Crippen molar-refractivity contribution in [3.05, 3.63) is 45.1 Å². The van der Waals surface area contributed by atoms with Gasteiger partial charge >= 0.3 is 0 Å². The first-order valence-electron chi connectivity index (χ1n) is 10.7. The topological polar surface area (TPSA) is 55.8 Å². The van der Waals surface area contributed by atoms with Gasteiger partial charge < -0.3 is 14.4 Å². The molecular weight excluding hydrogens is 461 g/mol. The summed E-state index contributed by atoms with van der Waals surface area (Å²) in [6.45, 7) is 4.90. The average Bonchev–Trinajstić information content (AvgIpc) is 3.00. The van der Waals surface area contributed by atoms with Crippen molar-refractivity contribution < 1.29 is 19.1 Å². The Labute approximate surface area is 197 Å². The van der Waals surface area contributed by atoms with Crippen molar-refractivity contribution in [2.45, 2.75) is 63.2 Å². The molecule has 0 saturated heterocycles.